The highest BCUT2D eigenvalue weighted by atomic mass is 16.2. The Balaban J connectivity index is 1.94. The van der Waals surface area contributed by atoms with Crippen molar-refractivity contribution in [2.24, 2.45) is 5.92 Å². The molecule has 0 aromatic carbocycles. The van der Waals surface area contributed by atoms with E-state index in [2.05, 4.69) is 17.1 Å². The highest BCUT2D eigenvalue weighted by Gasteiger charge is 2.31. The Kier molecular flexibility index (Phi) is 4.84. The topological polar surface area (TPSA) is 32.3 Å². The van der Waals surface area contributed by atoms with Crippen molar-refractivity contribution in [1.29, 1.82) is 0 Å². The normalized spacial score (nSPS) is 30.3. The Hall–Kier alpha value is -0.570. The zero-order valence-electron chi connectivity index (χ0n) is 11.1. The lowest BCUT2D eigenvalue weighted by molar-refractivity contribution is -0.140. The molecule has 2 aliphatic rings. The number of amides is 1. The van der Waals surface area contributed by atoms with Crippen molar-refractivity contribution >= 4 is 5.91 Å². The molecule has 0 saturated carbocycles. The molecule has 1 N–H and O–H groups in total. The molecule has 2 rings (SSSR count). The smallest absolute Gasteiger partial charge is 0.227 e. The number of hydrogen-bond acceptors (Lipinski definition) is 2. The molecular weight excluding hydrogens is 212 g/mol. The van der Waals surface area contributed by atoms with Gasteiger partial charge in [-0.3, -0.25) is 4.79 Å². The molecule has 0 spiro atoms. The van der Waals surface area contributed by atoms with Crippen molar-refractivity contribution in [2.75, 3.05) is 19.6 Å². The van der Waals surface area contributed by atoms with Gasteiger partial charge in [-0.2, -0.15) is 0 Å². The Bertz CT molecular complexity index is 247. The van der Waals surface area contributed by atoms with Gasteiger partial charge in [0.15, 0.2) is 0 Å². The second-order valence-electron chi connectivity index (χ2n) is 5.51. The summed E-state index contributed by atoms with van der Waals surface area (Å²) in [5, 5.41) is 3.35. The van der Waals surface area contributed by atoms with Crippen molar-refractivity contribution in [2.45, 2.75) is 57.9 Å². The van der Waals surface area contributed by atoms with E-state index in [4.69, 9.17) is 0 Å². The maximum absolute atomic E-state index is 12.5. The van der Waals surface area contributed by atoms with Crippen LogP contribution in [-0.2, 0) is 4.79 Å². The first-order chi connectivity index (χ1) is 8.33. The van der Waals surface area contributed by atoms with Gasteiger partial charge in [0.25, 0.3) is 0 Å². The van der Waals surface area contributed by atoms with Crippen LogP contribution in [0.2, 0.25) is 0 Å². The van der Waals surface area contributed by atoms with E-state index >= 15 is 0 Å². The third kappa shape index (κ3) is 3.21. The molecule has 0 aliphatic carbocycles. The number of nitrogens with zero attached hydrogens (tertiary/aromatic N) is 1. The van der Waals surface area contributed by atoms with E-state index in [9.17, 15) is 4.79 Å². The molecule has 2 unspecified atom stereocenters. The summed E-state index contributed by atoms with van der Waals surface area (Å²) >= 11 is 0. The molecule has 2 saturated heterocycles. The number of hydrogen-bond donors (Lipinski definition) is 1. The van der Waals surface area contributed by atoms with Crippen LogP contribution in [0, 0.1) is 5.92 Å². The van der Waals surface area contributed by atoms with Crippen molar-refractivity contribution in [3.63, 3.8) is 0 Å². The van der Waals surface area contributed by atoms with Crippen LogP contribution in [0.25, 0.3) is 0 Å². The van der Waals surface area contributed by atoms with Gasteiger partial charge in [0.1, 0.15) is 0 Å². The Morgan fingerprint density at radius 3 is 2.88 bits per heavy atom. The van der Waals surface area contributed by atoms with Gasteiger partial charge in [0.05, 0.1) is 5.92 Å². The molecule has 2 heterocycles. The fourth-order valence-corrected chi connectivity index (χ4v) is 3.22. The van der Waals surface area contributed by atoms with Crippen LogP contribution >= 0.6 is 0 Å². The lowest BCUT2D eigenvalue weighted by Crippen LogP contribution is -2.49. The summed E-state index contributed by atoms with van der Waals surface area (Å²) in [6, 6.07) is 0.531. The van der Waals surface area contributed by atoms with Crippen LogP contribution < -0.4 is 5.32 Å². The predicted molar refractivity (Wildman–Crippen MR) is 69.9 cm³/mol. The van der Waals surface area contributed by atoms with Gasteiger partial charge in [0.2, 0.25) is 5.91 Å². The van der Waals surface area contributed by atoms with Gasteiger partial charge in [-0.15, -0.1) is 0 Å². The summed E-state index contributed by atoms with van der Waals surface area (Å²) in [5.41, 5.74) is 0. The van der Waals surface area contributed by atoms with Crippen LogP contribution in [-0.4, -0.2) is 36.5 Å². The Morgan fingerprint density at radius 2 is 2.18 bits per heavy atom. The highest BCUT2D eigenvalue weighted by molar-refractivity contribution is 5.79. The molecule has 2 fully saturated rings. The van der Waals surface area contributed by atoms with Crippen LogP contribution in [0.15, 0.2) is 0 Å². The van der Waals surface area contributed by atoms with E-state index in [0.717, 1.165) is 32.5 Å². The largest absolute Gasteiger partial charge is 0.339 e. The highest BCUT2D eigenvalue weighted by Crippen LogP contribution is 2.24. The van der Waals surface area contributed by atoms with Crippen LogP contribution in [0.5, 0.6) is 0 Å². The lowest BCUT2D eigenvalue weighted by atomic mass is 9.93. The van der Waals surface area contributed by atoms with Gasteiger partial charge in [-0.1, -0.05) is 13.3 Å². The molecule has 0 radical (unpaired) electrons. The minimum atomic E-state index is 0.251. The van der Waals surface area contributed by atoms with E-state index < -0.39 is 0 Å². The molecule has 3 nitrogen and oxygen atoms in total. The molecule has 1 amide bonds. The van der Waals surface area contributed by atoms with E-state index in [1.807, 2.05) is 0 Å². The minimum Gasteiger partial charge on any atom is -0.339 e. The molecule has 98 valence electrons. The fourth-order valence-electron chi connectivity index (χ4n) is 3.22. The van der Waals surface area contributed by atoms with Gasteiger partial charge in [-0.05, 0) is 45.1 Å². The van der Waals surface area contributed by atoms with Gasteiger partial charge >= 0.3 is 0 Å². The molecular formula is C14H26N2O. The van der Waals surface area contributed by atoms with Crippen LogP contribution in [0.4, 0.5) is 0 Å². The third-order valence-electron chi connectivity index (χ3n) is 4.18. The predicted octanol–water partition coefficient (Wildman–Crippen LogP) is 2.17. The molecule has 0 aromatic heterocycles. The summed E-state index contributed by atoms with van der Waals surface area (Å²) in [7, 11) is 0. The summed E-state index contributed by atoms with van der Waals surface area (Å²) in [4.78, 5) is 14.7. The molecule has 17 heavy (non-hydrogen) atoms. The fraction of sp³-hybridized carbons (Fsp3) is 0.929. The number of nitrogens with one attached hydrogen (secondary N) is 1. The SMILES string of the molecule is CCCC1CCCCN1C(=O)C1CCCNC1. The lowest BCUT2D eigenvalue weighted by Gasteiger charge is -2.38. The summed E-state index contributed by atoms with van der Waals surface area (Å²) < 4.78 is 0. The average Bonchev–Trinajstić information content (AvgIpc) is 2.40. The summed E-state index contributed by atoms with van der Waals surface area (Å²) in [6.45, 7) is 5.20. The van der Waals surface area contributed by atoms with Crippen molar-refractivity contribution in [3.8, 4) is 0 Å². The number of piperidine rings is 2. The molecule has 2 atom stereocenters. The maximum atomic E-state index is 12.5. The molecule has 0 aromatic rings. The number of carbonyl (C=O) groups is 1. The van der Waals surface area contributed by atoms with Crippen molar-refractivity contribution < 1.29 is 4.79 Å². The Labute approximate surface area is 105 Å². The van der Waals surface area contributed by atoms with Gasteiger partial charge in [-0.25, -0.2) is 0 Å². The molecule has 2 aliphatic heterocycles. The van der Waals surface area contributed by atoms with Crippen LogP contribution in [0.1, 0.15) is 51.9 Å². The van der Waals surface area contributed by atoms with Gasteiger partial charge in [0, 0.05) is 19.1 Å². The number of rotatable bonds is 3. The summed E-state index contributed by atoms with van der Waals surface area (Å²) in [6.07, 6.45) is 8.34. The van der Waals surface area contributed by atoms with E-state index in [-0.39, 0.29) is 5.92 Å². The minimum absolute atomic E-state index is 0.251. The Morgan fingerprint density at radius 1 is 1.29 bits per heavy atom. The van der Waals surface area contributed by atoms with Gasteiger partial charge < -0.3 is 10.2 Å². The third-order valence-corrected chi connectivity index (χ3v) is 4.18. The summed E-state index contributed by atoms with van der Waals surface area (Å²) in [5.74, 6) is 0.677. The standard InChI is InChI=1S/C14H26N2O/c1-2-6-13-8-3-4-10-16(13)14(17)12-7-5-9-15-11-12/h12-13,15H,2-11H2,1H3. The van der Waals surface area contributed by atoms with E-state index in [1.54, 1.807) is 0 Å². The second-order valence-corrected chi connectivity index (χ2v) is 5.51. The van der Waals surface area contributed by atoms with Crippen molar-refractivity contribution in [3.05, 3.63) is 0 Å². The maximum Gasteiger partial charge on any atom is 0.227 e. The second kappa shape index (κ2) is 6.39. The first kappa shape index (κ1) is 12.9. The zero-order chi connectivity index (χ0) is 12.1. The zero-order valence-corrected chi connectivity index (χ0v) is 11.1. The average molecular weight is 238 g/mol. The van der Waals surface area contributed by atoms with E-state index in [1.165, 1.54) is 32.1 Å². The monoisotopic (exact) mass is 238 g/mol. The molecule has 3 heteroatoms. The first-order valence-corrected chi connectivity index (χ1v) is 7.34. The quantitative estimate of drug-likeness (QED) is 0.817. The number of carbonyl (C=O) groups excluding carboxylic acids is 1. The number of likely N-dealkylation sites (tertiary alicyclic amines) is 1. The molecule has 0 bridgehead atoms. The van der Waals surface area contributed by atoms with Crippen LogP contribution in [0.3, 0.4) is 0 Å². The first-order valence-electron chi connectivity index (χ1n) is 7.34. The van der Waals surface area contributed by atoms with Crippen molar-refractivity contribution in [1.82, 2.24) is 10.2 Å². The van der Waals surface area contributed by atoms with E-state index in [0.29, 0.717) is 11.9 Å².